The summed E-state index contributed by atoms with van der Waals surface area (Å²) in [5, 5.41) is 5.87. The topological polar surface area (TPSA) is 61.4 Å². The van der Waals surface area contributed by atoms with Gasteiger partial charge in [-0.1, -0.05) is 115 Å². The zero-order chi connectivity index (χ0) is 41.4. The summed E-state index contributed by atoms with van der Waals surface area (Å²) in [5.74, 6) is 0.630. The van der Waals surface area contributed by atoms with Crippen molar-refractivity contribution >= 4 is 75.3 Å². The first-order valence-electron chi connectivity index (χ1n) is 21.0. The standard InChI is InChI=1S/C56H34N6S/c1-3-12-35(13-4-1)47-32-48(36-14-5-2-6-15-36)60-56(59-47)62-50-19-10-8-17-43(50)45-29-37(22-25-51(45)62)39-28-40(34-57-33-39)38-21-24-44-42-16-7-9-18-49(42)61(52(44)30-38)41-23-26-53-46(31-41)55-54(63-53)20-11-27-58-55/h1-34H. The zero-order valence-corrected chi connectivity index (χ0v) is 34.5. The number of pyridine rings is 2. The van der Waals surface area contributed by atoms with E-state index in [1.54, 1.807) is 11.3 Å². The van der Waals surface area contributed by atoms with E-state index in [0.717, 1.165) is 83.3 Å². The first-order chi connectivity index (χ1) is 31.2. The quantitative estimate of drug-likeness (QED) is 0.168. The van der Waals surface area contributed by atoms with Crippen LogP contribution in [-0.2, 0) is 0 Å². The number of nitrogens with zero attached hydrogens (tertiary/aromatic N) is 6. The van der Waals surface area contributed by atoms with Gasteiger partial charge in [0, 0.05) is 78.2 Å². The number of thiophene rings is 1. The first-order valence-corrected chi connectivity index (χ1v) is 21.8. The van der Waals surface area contributed by atoms with Gasteiger partial charge in [-0.2, -0.15) is 0 Å². The van der Waals surface area contributed by atoms with Gasteiger partial charge in [-0.25, -0.2) is 9.97 Å². The van der Waals surface area contributed by atoms with Crippen LogP contribution >= 0.6 is 11.3 Å². The van der Waals surface area contributed by atoms with Gasteiger partial charge >= 0.3 is 0 Å². The maximum absolute atomic E-state index is 5.22. The minimum atomic E-state index is 0.630. The number of rotatable bonds is 6. The minimum absolute atomic E-state index is 0.630. The molecule has 0 unspecified atom stereocenters. The predicted octanol–water partition coefficient (Wildman–Crippen LogP) is 14.5. The van der Waals surface area contributed by atoms with Crippen molar-refractivity contribution in [2.24, 2.45) is 0 Å². The zero-order valence-electron chi connectivity index (χ0n) is 33.7. The molecular formula is C56H34N6S. The summed E-state index contributed by atoms with van der Waals surface area (Å²) in [4.78, 5) is 20.0. The Morgan fingerprint density at radius 3 is 1.73 bits per heavy atom. The van der Waals surface area contributed by atoms with Crippen LogP contribution in [0.5, 0.6) is 0 Å². The van der Waals surface area contributed by atoms with E-state index in [4.69, 9.17) is 19.9 Å². The van der Waals surface area contributed by atoms with Crippen LogP contribution in [0, 0.1) is 0 Å². The third-order valence-electron chi connectivity index (χ3n) is 12.3. The van der Waals surface area contributed by atoms with Crippen LogP contribution in [0.15, 0.2) is 207 Å². The SMILES string of the molecule is c1ccc(-c2cc(-c3ccccc3)nc(-n3c4ccccc4c4cc(-c5cncc(-c6ccc7c8ccccc8n(-c8ccc9sc%10cccnc%10c9c8)c7c6)c5)ccc43)n2)cc1. The van der Waals surface area contributed by atoms with Gasteiger partial charge in [-0.15, -0.1) is 11.3 Å². The Morgan fingerprint density at radius 1 is 0.365 bits per heavy atom. The van der Waals surface area contributed by atoms with E-state index >= 15 is 0 Å². The molecule has 0 saturated heterocycles. The first kappa shape index (κ1) is 35.5. The molecule has 0 aliphatic rings. The highest BCUT2D eigenvalue weighted by Gasteiger charge is 2.19. The lowest BCUT2D eigenvalue weighted by Crippen LogP contribution is -2.03. The fourth-order valence-electron chi connectivity index (χ4n) is 9.32. The summed E-state index contributed by atoms with van der Waals surface area (Å²) in [6.07, 6.45) is 5.82. The van der Waals surface area contributed by atoms with Crippen molar-refractivity contribution in [3.63, 3.8) is 0 Å². The molecule has 0 N–H and O–H groups in total. The molecule has 0 fully saturated rings. The van der Waals surface area contributed by atoms with E-state index < -0.39 is 0 Å². The summed E-state index contributed by atoms with van der Waals surface area (Å²) in [5.41, 5.74) is 14.7. The molecule has 63 heavy (non-hydrogen) atoms. The molecule has 6 aromatic heterocycles. The van der Waals surface area contributed by atoms with Crippen molar-refractivity contribution in [2.45, 2.75) is 0 Å². The van der Waals surface area contributed by atoms with Crippen LogP contribution in [0.2, 0.25) is 0 Å². The number of fused-ring (bicyclic) bond motifs is 9. The monoisotopic (exact) mass is 822 g/mol. The highest BCUT2D eigenvalue weighted by Crippen LogP contribution is 2.40. The van der Waals surface area contributed by atoms with Gasteiger partial charge in [-0.3, -0.25) is 14.5 Å². The molecule has 0 aliphatic heterocycles. The summed E-state index contributed by atoms with van der Waals surface area (Å²) in [6, 6.07) is 66.6. The fraction of sp³-hybridized carbons (Fsp3) is 0. The molecule has 0 radical (unpaired) electrons. The van der Waals surface area contributed by atoms with Crippen molar-refractivity contribution in [3.8, 4) is 56.4 Å². The molecule has 0 spiro atoms. The summed E-state index contributed by atoms with van der Waals surface area (Å²) in [7, 11) is 0. The Hall–Kier alpha value is -8.26. The molecule has 7 aromatic carbocycles. The Labute approximate surface area is 365 Å². The summed E-state index contributed by atoms with van der Waals surface area (Å²) >= 11 is 1.79. The van der Waals surface area contributed by atoms with Crippen molar-refractivity contribution in [3.05, 3.63) is 207 Å². The van der Waals surface area contributed by atoms with Crippen molar-refractivity contribution < 1.29 is 0 Å². The van der Waals surface area contributed by atoms with Crippen LogP contribution in [0.3, 0.4) is 0 Å². The second kappa shape index (κ2) is 14.2. The number of benzene rings is 7. The normalized spacial score (nSPS) is 11.8. The smallest absolute Gasteiger partial charge is 0.235 e. The number of para-hydroxylation sites is 2. The number of hydrogen-bond acceptors (Lipinski definition) is 5. The average Bonchev–Trinajstić information content (AvgIpc) is 4.01. The fourth-order valence-corrected chi connectivity index (χ4v) is 10.4. The number of aromatic nitrogens is 6. The van der Waals surface area contributed by atoms with Gasteiger partial charge in [0.2, 0.25) is 5.95 Å². The highest BCUT2D eigenvalue weighted by atomic mass is 32.1. The van der Waals surface area contributed by atoms with E-state index in [2.05, 4.69) is 179 Å². The van der Waals surface area contributed by atoms with E-state index in [0.29, 0.717) is 5.95 Å². The summed E-state index contributed by atoms with van der Waals surface area (Å²) < 4.78 is 7.03. The number of hydrogen-bond donors (Lipinski definition) is 0. The van der Waals surface area contributed by atoms with Crippen LogP contribution < -0.4 is 0 Å². The molecule has 6 nitrogen and oxygen atoms in total. The molecule has 294 valence electrons. The van der Waals surface area contributed by atoms with Gasteiger partial charge in [0.25, 0.3) is 0 Å². The second-order valence-corrected chi connectivity index (χ2v) is 17.0. The third-order valence-corrected chi connectivity index (χ3v) is 13.4. The van der Waals surface area contributed by atoms with E-state index in [-0.39, 0.29) is 0 Å². The van der Waals surface area contributed by atoms with E-state index in [9.17, 15) is 0 Å². The largest absolute Gasteiger partial charge is 0.309 e. The molecule has 0 atom stereocenters. The molecule has 0 bridgehead atoms. The highest BCUT2D eigenvalue weighted by molar-refractivity contribution is 7.25. The van der Waals surface area contributed by atoms with Crippen molar-refractivity contribution in [2.75, 3.05) is 0 Å². The van der Waals surface area contributed by atoms with Crippen LogP contribution in [-0.4, -0.2) is 29.1 Å². The maximum Gasteiger partial charge on any atom is 0.235 e. The van der Waals surface area contributed by atoms with E-state index in [1.165, 1.54) is 31.1 Å². The van der Waals surface area contributed by atoms with Gasteiger partial charge in [0.05, 0.1) is 43.7 Å². The van der Waals surface area contributed by atoms with Gasteiger partial charge in [-0.05, 0) is 83.9 Å². The van der Waals surface area contributed by atoms with Crippen LogP contribution in [0.25, 0.3) is 120 Å². The summed E-state index contributed by atoms with van der Waals surface area (Å²) in [6.45, 7) is 0. The average molecular weight is 823 g/mol. The van der Waals surface area contributed by atoms with Crippen molar-refractivity contribution in [1.82, 2.24) is 29.1 Å². The Morgan fingerprint density at radius 2 is 0.984 bits per heavy atom. The van der Waals surface area contributed by atoms with Crippen molar-refractivity contribution in [1.29, 1.82) is 0 Å². The lowest BCUT2D eigenvalue weighted by atomic mass is 9.99. The molecule has 0 saturated carbocycles. The molecule has 0 amide bonds. The van der Waals surface area contributed by atoms with Gasteiger partial charge < -0.3 is 4.57 Å². The molecule has 7 heteroatoms. The van der Waals surface area contributed by atoms with E-state index in [1.807, 2.05) is 36.8 Å². The van der Waals surface area contributed by atoms with Crippen LogP contribution in [0.1, 0.15) is 0 Å². The Kier molecular flexibility index (Phi) is 7.98. The second-order valence-electron chi connectivity index (χ2n) is 15.9. The Balaban J connectivity index is 0.937. The Bertz CT molecular complexity index is 3860. The van der Waals surface area contributed by atoms with Crippen LogP contribution in [0.4, 0.5) is 0 Å². The molecule has 0 aliphatic carbocycles. The van der Waals surface area contributed by atoms with Gasteiger partial charge in [0.1, 0.15) is 0 Å². The molecule has 6 heterocycles. The van der Waals surface area contributed by atoms with Gasteiger partial charge in [0.15, 0.2) is 0 Å². The third kappa shape index (κ3) is 5.78. The lowest BCUT2D eigenvalue weighted by molar-refractivity contribution is 0.995. The predicted molar refractivity (Wildman–Crippen MR) is 261 cm³/mol. The molecule has 13 aromatic rings. The molecular weight excluding hydrogens is 789 g/mol. The minimum Gasteiger partial charge on any atom is -0.309 e. The molecule has 13 rings (SSSR count). The lowest BCUT2D eigenvalue weighted by Gasteiger charge is -2.12. The maximum atomic E-state index is 5.22.